The molecule has 0 unspecified atom stereocenters. The molecule has 3 rings (SSSR count). The maximum absolute atomic E-state index is 5.19. The van der Waals surface area contributed by atoms with Gasteiger partial charge in [-0.05, 0) is 49.0 Å². The minimum atomic E-state index is 0. The SMILES string of the molecule is COc1ccc(CN2C[C@H]3CCNC[C@H]3C2)cc1.Cl.Cl. The van der Waals surface area contributed by atoms with E-state index >= 15 is 0 Å². The molecule has 1 aromatic rings. The standard InChI is InChI=1S/C15H22N2O.2ClH/c1-18-15-4-2-12(3-5-15)9-17-10-13-6-7-16-8-14(13)11-17;;/h2-5,13-14,16H,6-11H2,1H3;2*1H/t13-,14+;;/m1../s1. The molecule has 0 spiro atoms. The van der Waals surface area contributed by atoms with Crippen LogP contribution in [-0.2, 0) is 6.54 Å². The summed E-state index contributed by atoms with van der Waals surface area (Å²) in [6.07, 6.45) is 1.35. The Hall–Kier alpha value is -0.480. The van der Waals surface area contributed by atoms with E-state index in [9.17, 15) is 0 Å². The molecule has 2 aliphatic heterocycles. The molecule has 2 aliphatic rings. The molecule has 0 radical (unpaired) electrons. The zero-order valence-corrected chi connectivity index (χ0v) is 13.5. The molecule has 0 bridgehead atoms. The lowest BCUT2D eigenvalue weighted by Crippen LogP contribution is -2.35. The lowest BCUT2D eigenvalue weighted by Gasteiger charge is -2.24. The number of hydrogen-bond donors (Lipinski definition) is 1. The Bertz CT molecular complexity index is 385. The fourth-order valence-electron chi connectivity index (χ4n) is 3.29. The third-order valence-corrected chi connectivity index (χ3v) is 4.32. The van der Waals surface area contributed by atoms with Crippen LogP contribution in [0.15, 0.2) is 24.3 Å². The van der Waals surface area contributed by atoms with E-state index in [0.29, 0.717) is 0 Å². The number of nitrogens with zero attached hydrogens (tertiary/aromatic N) is 1. The third kappa shape index (κ3) is 4.01. The molecule has 2 saturated heterocycles. The Kier molecular flexibility index (Phi) is 7.10. The highest BCUT2D eigenvalue weighted by molar-refractivity contribution is 5.85. The summed E-state index contributed by atoms with van der Waals surface area (Å²) in [7, 11) is 1.72. The molecule has 114 valence electrons. The maximum Gasteiger partial charge on any atom is 0.118 e. The molecule has 2 fully saturated rings. The molecule has 0 amide bonds. The molecule has 0 aliphatic carbocycles. The fraction of sp³-hybridized carbons (Fsp3) is 0.600. The van der Waals surface area contributed by atoms with Crippen molar-refractivity contribution < 1.29 is 4.74 Å². The van der Waals surface area contributed by atoms with Crippen molar-refractivity contribution in [1.29, 1.82) is 0 Å². The van der Waals surface area contributed by atoms with Crippen LogP contribution < -0.4 is 10.1 Å². The lowest BCUT2D eigenvalue weighted by molar-refractivity contribution is 0.313. The van der Waals surface area contributed by atoms with E-state index in [1.54, 1.807) is 7.11 Å². The zero-order valence-electron chi connectivity index (χ0n) is 11.9. The first-order valence-corrected chi connectivity index (χ1v) is 6.91. The van der Waals surface area contributed by atoms with Gasteiger partial charge in [-0.2, -0.15) is 0 Å². The highest BCUT2D eigenvalue weighted by Crippen LogP contribution is 2.29. The van der Waals surface area contributed by atoms with E-state index in [0.717, 1.165) is 24.1 Å². The Balaban J connectivity index is 0.000001000. The van der Waals surface area contributed by atoms with Gasteiger partial charge in [0.1, 0.15) is 5.75 Å². The van der Waals surface area contributed by atoms with Crippen LogP contribution in [0.25, 0.3) is 0 Å². The van der Waals surface area contributed by atoms with Crippen molar-refractivity contribution in [3.8, 4) is 5.75 Å². The molecule has 5 heteroatoms. The number of fused-ring (bicyclic) bond motifs is 1. The number of halogens is 2. The summed E-state index contributed by atoms with van der Waals surface area (Å²) in [5.41, 5.74) is 1.39. The van der Waals surface area contributed by atoms with E-state index in [1.807, 2.05) is 0 Å². The predicted octanol–water partition coefficient (Wildman–Crippen LogP) is 2.58. The molecule has 0 saturated carbocycles. The molecule has 2 atom stereocenters. The van der Waals surface area contributed by atoms with Crippen molar-refractivity contribution in [2.24, 2.45) is 11.8 Å². The minimum Gasteiger partial charge on any atom is -0.497 e. The van der Waals surface area contributed by atoms with Crippen molar-refractivity contribution in [2.45, 2.75) is 13.0 Å². The van der Waals surface area contributed by atoms with Gasteiger partial charge in [0, 0.05) is 19.6 Å². The summed E-state index contributed by atoms with van der Waals surface area (Å²) in [5.74, 6) is 2.74. The van der Waals surface area contributed by atoms with E-state index < -0.39 is 0 Å². The average Bonchev–Trinajstić information content (AvgIpc) is 2.82. The topological polar surface area (TPSA) is 24.5 Å². The van der Waals surface area contributed by atoms with Crippen molar-refractivity contribution in [3.05, 3.63) is 29.8 Å². The van der Waals surface area contributed by atoms with Gasteiger partial charge in [-0.15, -0.1) is 24.8 Å². The highest BCUT2D eigenvalue weighted by Gasteiger charge is 2.33. The first-order valence-electron chi connectivity index (χ1n) is 6.91. The first kappa shape index (κ1) is 17.6. The third-order valence-electron chi connectivity index (χ3n) is 4.32. The van der Waals surface area contributed by atoms with E-state index in [4.69, 9.17) is 4.74 Å². The number of nitrogens with one attached hydrogen (secondary N) is 1. The Morgan fingerprint density at radius 3 is 2.50 bits per heavy atom. The van der Waals surface area contributed by atoms with Crippen molar-refractivity contribution in [3.63, 3.8) is 0 Å². The van der Waals surface area contributed by atoms with Gasteiger partial charge in [-0.1, -0.05) is 12.1 Å². The van der Waals surface area contributed by atoms with Gasteiger partial charge >= 0.3 is 0 Å². The number of ether oxygens (including phenoxy) is 1. The van der Waals surface area contributed by atoms with Gasteiger partial charge in [0.2, 0.25) is 0 Å². The maximum atomic E-state index is 5.19. The number of benzene rings is 1. The lowest BCUT2D eigenvalue weighted by atomic mass is 9.90. The zero-order chi connectivity index (χ0) is 12.4. The van der Waals surface area contributed by atoms with Crippen molar-refractivity contribution >= 4 is 24.8 Å². The van der Waals surface area contributed by atoms with E-state index in [1.165, 1.54) is 38.2 Å². The molecule has 1 aromatic carbocycles. The molecule has 20 heavy (non-hydrogen) atoms. The van der Waals surface area contributed by atoms with Crippen LogP contribution in [-0.4, -0.2) is 38.2 Å². The number of rotatable bonds is 3. The number of methoxy groups -OCH3 is 1. The summed E-state index contributed by atoms with van der Waals surface area (Å²) in [5, 5.41) is 3.51. The van der Waals surface area contributed by atoms with Crippen molar-refractivity contribution in [1.82, 2.24) is 10.2 Å². The smallest absolute Gasteiger partial charge is 0.118 e. The van der Waals surface area contributed by atoms with Crippen LogP contribution in [0.3, 0.4) is 0 Å². The van der Waals surface area contributed by atoms with Crippen molar-refractivity contribution in [2.75, 3.05) is 33.3 Å². The Labute approximate surface area is 133 Å². The second-order valence-corrected chi connectivity index (χ2v) is 5.56. The van der Waals surface area contributed by atoms with Gasteiger partial charge in [0.25, 0.3) is 0 Å². The molecular weight excluding hydrogens is 295 g/mol. The number of likely N-dealkylation sites (tertiary alicyclic amines) is 1. The summed E-state index contributed by atoms with van der Waals surface area (Å²) in [6, 6.07) is 8.47. The molecule has 2 heterocycles. The summed E-state index contributed by atoms with van der Waals surface area (Å²) < 4.78 is 5.19. The van der Waals surface area contributed by atoms with Gasteiger partial charge in [0.05, 0.1) is 7.11 Å². The number of piperidine rings is 1. The Morgan fingerprint density at radius 1 is 1.15 bits per heavy atom. The summed E-state index contributed by atoms with van der Waals surface area (Å²) in [6.45, 7) is 6.03. The minimum absolute atomic E-state index is 0. The first-order chi connectivity index (χ1) is 8.85. The second kappa shape index (κ2) is 8.08. The largest absolute Gasteiger partial charge is 0.497 e. The average molecular weight is 319 g/mol. The normalized spacial score (nSPS) is 25.2. The van der Waals surface area contributed by atoms with Crippen LogP contribution in [0.2, 0.25) is 0 Å². The van der Waals surface area contributed by atoms with Gasteiger partial charge in [-0.25, -0.2) is 0 Å². The van der Waals surface area contributed by atoms with Gasteiger partial charge < -0.3 is 10.1 Å². The quantitative estimate of drug-likeness (QED) is 0.927. The Morgan fingerprint density at radius 2 is 1.85 bits per heavy atom. The molecular formula is C15H24Cl2N2O. The van der Waals surface area contributed by atoms with Crippen LogP contribution in [0.5, 0.6) is 5.75 Å². The van der Waals surface area contributed by atoms with E-state index in [2.05, 4.69) is 34.5 Å². The van der Waals surface area contributed by atoms with Crippen LogP contribution >= 0.6 is 24.8 Å². The van der Waals surface area contributed by atoms with E-state index in [-0.39, 0.29) is 24.8 Å². The van der Waals surface area contributed by atoms with Crippen LogP contribution in [0.4, 0.5) is 0 Å². The van der Waals surface area contributed by atoms with Gasteiger partial charge in [0.15, 0.2) is 0 Å². The fourth-order valence-corrected chi connectivity index (χ4v) is 3.29. The van der Waals surface area contributed by atoms with Crippen LogP contribution in [0, 0.1) is 11.8 Å². The second-order valence-electron chi connectivity index (χ2n) is 5.56. The molecule has 0 aromatic heterocycles. The molecule has 1 N–H and O–H groups in total. The summed E-state index contributed by atoms with van der Waals surface area (Å²) >= 11 is 0. The molecule has 3 nitrogen and oxygen atoms in total. The van der Waals surface area contributed by atoms with Crippen LogP contribution in [0.1, 0.15) is 12.0 Å². The van der Waals surface area contributed by atoms with Gasteiger partial charge in [-0.3, -0.25) is 4.90 Å². The number of hydrogen-bond acceptors (Lipinski definition) is 3. The monoisotopic (exact) mass is 318 g/mol. The highest BCUT2D eigenvalue weighted by atomic mass is 35.5. The predicted molar refractivity (Wildman–Crippen MR) is 87.2 cm³/mol. The summed E-state index contributed by atoms with van der Waals surface area (Å²) in [4.78, 5) is 2.60.